The highest BCUT2D eigenvalue weighted by Gasteiger charge is 1.94. The molecule has 14 heavy (non-hydrogen) atoms. The summed E-state index contributed by atoms with van der Waals surface area (Å²) in [6.07, 6.45) is 2.16. The summed E-state index contributed by atoms with van der Waals surface area (Å²) in [7, 11) is 0. The molecule has 1 aromatic rings. The van der Waals surface area contributed by atoms with Crippen LogP contribution < -0.4 is 10.3 Å². The highest BCUT2D eigenvalue weighted by atomic mass is 19.2. The van der Waals surface area contributed by atoms with Crippen LogP contribution in [0.5, 0.6) is 5.88 Å². The Kier molecular flexibility index (Phi) is 4.29. The lowest BCUT2D eigenvalue weighted by Crippen LogP contribution is -1.96. The first-order valence-electron chi connectivity index (χ1n) is 4.28. The number of pyridine rings is 1. The SMILES string of the molecule is CCC#CCOc1ccc(NF)cn1. The molecule has 3 nitrogen and oxygen atoms in total. The maximum atomic E-state index is 11.9. The summed E-state index contributed by atoms with van der Waals surface area (Å²) in [5.41, 5.74) is 1.79. The van der Waals surface area contributed by atoms with Crippen LogP contribution in [0.15, 0.2) is 18.3 Å². The summed E-state index contributed by atoms with van der Waals surface area (Å²) >= 11 is 0. The summed E-state index contributed by atoms with van der Waals surface area (Å²) in [5, 5.41) is 0. The standard InChI is InChI=1S/C10H11FN2O/c1-2-3-4-7-14-10-6-5-9(13-11)8-12-10/h5-6,8,13H,2,7H2,1H3. The van der Waals surface area contributed by atoms with Crippen LogP contribution in [0.25, 0.3) is 0 Å². The van der Waals surface area contributed by atoms with Crippen molar-refractivity contribution in [3.05, 3.63) is 18.3 Å². The molecule has 0 spiro atoms. The Hall–Kier alpha value is -1.76. The molecule has 4 heteroatoms. The average Bonchev–Trinajstić information content (AvgIpc) is 2.25. The van der Waals surface area contributed by atoms with Crippen molar-refractivity contribution in [3.63, 3.8) is 0 Å². The van der Waals surface area contributed by atoms with Crippen LogP contribution in [0.2, 0.25) is 0 Å². The number of nitrogens with zero attached hydrogens (tertiary/aromatic N) is 1. The second kappa shape index (κ2) is 5.81. The molecule has 1 rings (SSSR count). The molecule has 1 heterocycles. The Morgan fingerprint density at radius 2 is 2.36 bits per heavy atom. The predicted molar refractivity (Wildman–Crippen MR) is 52.5 cm³/mol. The van der Waals surface area contributed by atoms with Crippen molar-refractivity contribution in [1.29, 1.82) is 0 Å². The molecule has 0 radical (unpaired) electrons. The molecular weight excluding hydrogens is 183 g/mol. The van der Waals surface area contributed by atoms with Gasteiger partial charge in [0.1, 0.15) is 0 Å². The van der Waals surface area contributed by atoms with Gasteiger partial charge < -0.3 is 4.74 Å². The quantitative estimate of drug-likeness (QED) is 0.591. The summed E-state index contributed by atoms with van der Waals surface area (Å²) in [4.78, 5) is 3.85. The van der Waals surface area contributed by atoms with E-state index in [9.17, 15) is 4.48 Å². The van der Waals surface area contributed by atoms with Gasteiger partial charge >= 0.3 is 0 Å². The Labute approximate surface area is 82.2 Å². The third kappa shape index (κ3) is 3.31. The van der Waals surface area contributed by atoms with Gasteiger partial charge in [0, 0.05) is 12.5 Å². The number of hydrogen-bond acceptors (Lipinski definition) is 3. The Bertz CT molecular complexity index is 326. The van der Waals surface area contributed by atoms with E-state index in [-0.39, 0.29) is 0 Å². The number of aromatic nitrogens is 1. The van der Waals surface area contributed by atoms with E-state index in [0.717, 1.165) is 6.42 Å². The van der Waals surface area contributed by atoms with E-state index in [1.54, 1.807) is 6.07 Å². The molecule has 74 valence electrons. The van der Waals surface area contributed by atoms with Crippen molar-refractivity contribution in [1.82, 2.24) is 4.98 Å². The molecule has 0 bridgehead atoms. The minimum Gasteiger partial charge on any atom is -0.464 e. The van der Waals surface area contributed by atoms with E-state index in [2.05, 4.69) is 16.8 Å². The van der Waals surface area contributed by atoms with Gasteiger partial charge in [0.2, 0.25) is 5.88 Å². The molecule has 0 atom stereocenters. The number of ether oxygens (including phenoxy) is 1. The fourth-order valence-corrected chi connectivity index (χ4v) is 0.808. The lowest BCUT2D eigenvalue weighted by atomic mass is 10.4. The number of anilines is 1. The van der Waals surface area contributed by atoms with Gasteiger partial charge in [0.15, 0.2) is 6.61 Å². The zero-order valence-corrected chi connectivity index (χ0v) is 7.88. The highest BCUT2D eigenvalue weighted by molar-refractivity contribution is 5.39. The Balaban J connectivity index is 2.43. The molecule has 0 unspecified atom stereocenters. The van der Waals surface area contributed by atoms with E-state index in [0.29, 0.717) is 18.2 Å². The highest BCUT2D eigenvalue weighted by Crippen LogP contribution is 2.10. The summed E-state index contributed by atoms with van der Waals surface area (Å²) < 4.78 is 17.0. The second-order valence-electron chi connectivity index (χ2n) is 2.48. The van der Waals surface area contributed by atoms with Crippen LogP contribution in [-0.2, 0) is 0 Å². The van der Waals surface area contributed by atoms with Crippen LogP contribution in [0, 0.1) is 11.8 Å². The van der Waals surface area contributed by atoms with Crippen LogP contribution >= 0.6 is 0 Å². The van der Waals surface area contributed by atoms with Gasteiger partial charge in [-0.3, -0.25) is 0 Å². The monoisotopic (exact) mass is 194 g/mol. The third-order valence-corrected chi connectivity index (χ3v) is 1.44. The van der Waals surface area contributed by atoms with Gasteiger partial charge in [-0.05, 0) is 6.07 Å². The van der Waals surface area contributed by atoms with Gasteiger partial charge in [-0.25, -0.2) is 10.5 Å². The van der Waals surface area contributed by atoms with Crippen LogP contribution in [-0.4, -0.2) is 11.6 Å². The first-order valence-corrected chi connectivity index (χ1v) is 4.28. The lowest BCUT2D eigenvalue weighted by molar-refractivity contribution is 0.355. The third-order valence-electron chi connectivity index (χ3n) is 1.44. The molecule has 0 saturated carbocycles. The van der Waals surface area contributed by atoms with E-state index >= 15 is 0 Å². The molecule has 0 aliphatic heterocycles. The number of halogens is 1. The molecular formula is C10H11FN2O. The van der Waals surface area contributed by atoms with Crippen molar-refractivity contribution in [2.75, 3.05) is 12.1 Å². The van der Waals surface area contributed by atoms with Crippen molar-refractivity contribution in [3.8, 4) is 17.7 Å². The second-order valence-corrected chi connectivity index (χ2v) is 2.48. The fourth-order valence-electron chi connectivity index (χ4n) is 0.808. The molecule has 0 fully saturated rings. The maximum Gasteiger partial charge on any atom is 0.214 e. The molecule has 0 aliphatic rings. The first-order chi connectivity index (χ1) is 6.86. The molecule has 1 aromatic heterocycles. The molecule has 0 amide bonds. The summed E-state index contributed by atoms with van der Waals surface area (Å²) in [6.45, 7) is 2.27. The zero-order chi connectivity index (χ0) is 10.2. The topological polar surface area (TPSA) is 34.1 Å². The van der Waals surface area contributed by atoms with Crippen molar-refractivity contribution < 1.29 is 9.22 Å². The number of hydrogen-bond donors (Lipinski definition) is 1. The normalized spacial score (nSPS) is 8.71. The number of nitrogens with one attached hydrogen (secondary N) is 1. The fraction of sp³-hybridized carbons (Fsp3) is 0.300. The van der Waals surface area contributed by atoms with E-state index in [4.69, 9.17) is 4.74 Å². The smallest absolute Gasteiger partial charge is 0.214 e. The molecule has 0 aromatic carbocycles. The van der Waals surface area contributed by atoms with Gasteiger partial charge in [0.25, 0.3) is 0 Å². The van der Waals surface area contributed by atoms with Gasteiger partial charge in [-0.15, -0.1) is 10.4 Å². The van der Waals surface area contributed by atoms with Gasteiger partial charge in [-0.2, -0.15) is 0 Å². The molecule has 0 aliphatic carbocycles. The van der Waals surface area contributed by atoms with Crippen molar-refractivity contribution >= 4 is 5.69 Å². The van der Waals surface area contributed by atoms with Crippen LogP contribution in [0.3, 0.4) is 0 Å². The lowest BCUT2D eigenvalue weighted by Gasteiger charge is -2.00. The van der Waals surface area contributed by atoms with Crippen LogP contribution in [0.1, 0.15) is 13.3 Å². The molecule has 0 saturated heterocycles. The zero-order valence-electron chi connectivity index (χ0n) is 7.88. The van der Waals surface area contributed by atoms with E-state index < -0.39 is 0 Å². The minimum absolute atomic E-state index is 0.303. The minimum atomic E-state index is 0.303. The summed E-state index contributed by atoms with van der Waals surface area (Å²) in [6, 6.07) is 3.12. The summed E-state index contributed by atoms with van der Waals surface area (Å²) in [5.74, 6) is 6.12. The van der Waals surface area contributed by atoms with E-state index in [1.807, 2.05) is 6.92 Å². The average molecular weight is 194 g/mol. The van der Waals surface area contributed by atoms with Gasteiger partial charge in [-0.1, -0.05) is 12.8 Å². The van der Waals surface area contributed by atoms with E-state index in [1.165, 1.54) is 17.8 Å². The first kappa shape index (κ1) is 10.3. The Morgan fingerprint density at radius 1 is 1.50 bits per heavy atom. The Morgan fingerprint density at radius 3 is 2.93 bits per heavy atom. The van der Waals surface area contributed by atoms with Crippen molar-refractivity contribution in [2.24, 2.45) is 0 Å². The predicted octanol–water partition coefficient (Wildman–Crippen LogP) is 2.17. The number of rotatable bonds is 3. The van der Waals surface area contributed by atoms with Crippen LogP contribution in [0.4, 0.5) is 10.2 Å². The largest absolute Gasteiger partial charge is 0.464 e. The van der Waals surface area contributed by atoms with Crippen molar-refractivity contribution in [2.45, 2.75) is 13.3 Å². The maximum absolute atomic E-state index is 11.9. The molecule has 1 N–H and O–H groups in total. The van der Waals surface area contributed by atoms with Gasteiger partial charge in [0.05, 0.1) is 11.9 Å².